The van der Waals surface area contributed by atoms with Gasteiger partial charge in [-0.05, 0) is 38.0 Å². The molecule has 1 aromatic carbocycles. The molecule has 4 nitrogen and oxygen atoms in total. The summed E-state index contributed by atoms with van der Waals surface area (Å²) in [6, 6.07) is 7.65. The summed E-state index contributed by atoms with van der Waals surface area (Å²) in [6.07, 6.45) is 4.43. The minimum Gasteiger partial charge on any atom is -0.422 e. The Bertz CT molecular complexity index is 963. The summed E-state index contributed by atoms with van der Waals surface area (Å²) in [5, 5.41) is 4.46. The van der Waals surface area contributed by atoms with Gasteiger partial charge in [-0.15, -0.1) is 11.3 Å². The van der Waals surface area contributed by atoms with Gasteiger partial charge in [0.15, 0.2) is 0 Å². The van der Waals surface area contributed by atoms with Crippen molar-refractivity contribution in [3.05, 3.63) is 45.1 Å². The minimum atomic E-state index is -0.382. The molecule has 1 aliphatic rings. The van der Waals surface area contributed by atoms with Gasteiger partial charge in [0.2, 0.25) is 0 Å². The molecule has 2 aromatic heterocycles. The van der Waals surface area contributed by atoms with Crippen molar-refractivity contribution in [1.82, 2.24) is 5.32 Å². The summed E-state index contributed by atoms with van der Waals surface area (Å²) in [6.45, 7) is 2.00. The fourth-order valence-electron chi connectivity index (χ4n) is 3.25. The summed E-state index contributed by atoms with van der Waals surface area (Å²) in [4.78, 5) is 25.2. The Hall–Kier alpha value is -2.14. The van der Waals surface area contributed by atoms with Crippen LogP contribution < -0.4 is 10.9 Å². The lowest BCUT2D eigenvalue weighted by Crippen LogP contribution is -2.31. The lowest BCUT2D eigenvalue weighted by atomic mass is 10.1. The lowest BCUT2D eigenvalue weighted by Gasteiger charge is -2.10. The highest BCUT2D eigenvalue weighted by atomic mass is 32.1. The predicted octanol–water partition coefficient (Wildman–Crippen LogP) is 3.99. The molecule has 0 bridgehead atoms. The molecular weight excluding hydrogens is 310 g/mol. The Morgan fingerprint density at radius 1 is 1.22 bits per heavy atom. The van der Waals surface area contributed by atoms with Gasteiger partial charge < -0.3 is 9.73 Å². The van der Waals surface area contributed by atoms with Gasteiger partial charge >= 0.3 is 5.63 Å². The number of carbonyl (C=O) groups is 1. The molecule has 5 heteroatoms. The zero-order chi connectivity index (χ0) is 16.0. The third kappa shape index (κ3) is 2.55. The van der Waals surface area contributed by atoms with Crippen LogP contribution in [-0.2, 0) is 0 Å². The number of fused-ring (bicyclic) bond motifs is 3. The summed E-state index contributed by atoms with van der Waals surface area (Å²) >= 11 is 1.37. The molecule has 0 saturated heterocycles. The van der Waals surface area contributed by atoms with E-state index in [4.69, 9.17) is 4.42 Å². The van der Waals surface area contributed by atoms with Crippen LogP contribution in [0.4, 0.5) is 0 Å². The molecule has 23 heavy (non-hydrogen) atoms. The standard InChI is InChI=1S/C18H17NO3S/c1-10-6-7-14-12(8-10)16-13(18(21)22-14)9-15(23-16)17(20)19-11-4-2-3-5-11/h6-9,11H,2-5H2,1H3,(H,19,20). The molecule has 1 N–H and O–H groups in total. The highest BCUT2D eigenvalue weighted by molar-refractivity contribution is 7.21. The van der Waals surface area contributed by atoms with E-state index in [0.717, 1.165) is 28.5 Å². The molecule has 4 rings (SSSR count). The van der Waals surface area contributed by atoms with Crippen molar-refractivity contribution in [2.24, 2.45) is 0 Å². The van der Waals surface area contributed by atoms with E-state index in [2.05, 4.69) is 5.32 Å². The molecule has 1 aliphatic carbocycles. The van der Waals surface area contributed by atoms with Gasteiger partial charge in [0.1, 0.15) is 5.58 Å². The summed E-state index contributed by atoms with van der Waals surface area (Å²) < 4.78 is 6.21. The zero-order valence-corrected chi connectivity index (χ0v) is 13.7. The molecule has 0 atom stereocenters. The van der Waals surface area contributed by atoms with Crippen LogP contribution in [0.15, 0.2) is 33.5 Å². The van der Waals surface area contributed by atoms with E-state index in [1.165, 1.54) is 24.2 Å². The van der Waals surface area contributed by atoms with Crippen LogP contribution in [0.1, 0.15) is 40.9 Å². The van der Waals surface area contributed by atoms with Gasteiger partial charge in [0, 0.05) is 11.4 Å². The van der Waals surface area contributed by atoms with E-state index >= 15 is 0 Å². The monoisotopic (exact) mass is 327 g/mol. The number of nitrogens with one attached hydrogen (secondary N) is 1. The topological polar surface area (TPSA) is 59.3 Å². The third-order valence-electron chi connectivity index (χ3n) is 4.45. The van der Waals surface area contributed by atoms with Crippen molar-refractivity contribution < 1.29 is 9.21 Å². The van der Waals surface area contributed by atoms with Crippen LogP contribution in [0, 0.1) is 6.92 Å². The smallest absolute Gasteiger partial charge is 0.345 e. The molecule has 0 radical (unpaired) electrons. The Morgan fingerprint density at radius 2 is 2.00 bits per heavy atom. The highest BCUT2D eigenvalue weighted by Crippen LogP contribution is 2.31. The minimum absolute atomic E-state index is 0.0849. The number of hydrogen-bond acceptors (Lipinski definition) is 4. The van der Waals surface area contributed by atoms with Crippen LogP contribution in [0.2, 0.25) is 0 Å². The molecule has 1 saturated carbocycles. The number of carbonyl (C=O) groups excluding carboxylic acids is 1. The van der Waals surface area contributed by atoms with Crippen LogP contribution in [0.25, 0.3) is 21.1 Å². The first-order valence-corrected chi connectivity index (χ1v) is 8.71. The second kappa shape index (κ2) is 5.49. The lowest BCUT2D eigenvalue weighted by molar-refractivity contribution is 0.0942. The number of hydrogen-bond donors (Lipinski definition) is 1. The van der Waals surface area contributed by atoms with Gasteiger partial charge in [-0.3, -0.25) is 4.79 Å². The van der Waals surface area contributed by atoms with E-state index in [-0.39, 0.29) is 17.6 Å². The highest BCUT2D eigenvalue weighted by Gasteiger charge is 2.20. The molecule has 0 aliphatic heterocycles. The van der Waals surface area contributed by atoms with Crippen molar-refractivity contribution in [2.45, 2.75) is 38.6 Å². The van der Waals surface area contributed by atoms with Crippen molar-refractivity contribution >= 4 is 38.3 Å². The van der Waals surface area contributed by atoms with Gasteiger partial charge in [0.05, 0.1) is 15.0 Å². The van der Waals surface area contributed by atoms with Gasteiger partial charge in [-0.1, -0.05) is 24.5 Å². The van der Waals surface area contributed by atoms with Crippen LogP contribution in [0.3, 0.4) is 0 Å². The molecule has 118 valence electrons. The molecule has 1 fully saturated rings. The largest absolute Gasteiger partial charge is 0.422 e. The fraction of sp³-hybridized carbons (Fsp3) is 0.333. The van der Waals surface area contributed by atoms with Crippen molar-refractivity contribution in [3.8, 4) is 0 Å². The Kier molecular flexibility index (Phi) is 3.45. The van der Waals surface area contributed by atoms with E-state index < -0.39 is 0 Å². The molecule has 2 heterocycles. The first kappa shape index (κ1) is 14.5. The van der Waals surface area contributed by atoms with Crippen LogP contribution >= 0.6 is 11.3 Å². The Morgan fingerprint density at radius 3 is 2.78 bits per heavy atom. The maximum absolute atomic E-state index is 12.5. The molecule has 0 unspecified atom stereocenters. The van der Waals surface area contributed by atoms with Crippen molar-refractivity contribution in [3.63, 3.8) is 0 Å². The number of aryl methyl sites for hydroxylation is 1. The average Bonchev–Trinajstić information content (AvgIpc) is 3.17. The second-order valence-corrected chi connectivity index (χ2v) is 7.25. The average molecular weight is 327 g/mol. The summed E-state index contributed by atoms with van der Waals surface area (Å²) in [5.74, 6) is -0.0849. The van der Waals surface area contributed by atoms with Crippen LogP contribution in [0.5, 0.6) is 0 Å². The van der Waals surface area contributed by atoms with Gasteiger partial charge in [-0.25, -0.2) is 4.79 Å². The normalized spacial score (nSPS) is 15.5. The van der Waals surface area contributed by atoms with Crippen molar-refractivity contribution in [1.29, 1.82) is 0 Å². The number of benzene rings is 1. The number of thiophene rings is 1. The number of amides is 1. The molecule has 0 spiro atoms. The Balaban J connectivity index is 1.81. The van der Waals surface area contributed by atoms with E-state index in [1.807, 2.05) is 25.1 Å². The van der Waals surface area contributed by atoms with E-state index in [1.54, 1.807) is 6.07 Å². The van der Waals surface area contributed by atoms with Gasteiger partial charge in [-0.2, -0.15) is 0 Å². The summed E-state index contributed by atoms with van der Waals surface area (Å²) in [5.41, 5.74) is 1.28. The zero-order valence-electron chi connectivity index (χ0n) is 12.8. The third-order valence-corrected chi connectivity index (χ3v) is 5.62. The maximum atomic E-state index is 12.5. The molecule has 1 amide bonds. The fourth-order valence-corrected chi connectivity index (χ4v) is 4.32. The quantitative estimate of drug-likeness (QED) is 0.724. The Labute approximate surface area is 137 Å². The number of rotatable bonds is 2. The molecule has 3 aromatic rings. The second-order valence-electron chi connectivity index (χ2n) is 6.20. The SMILES string of the molecule is Cc1ccc2oc(=O)c3cc(C(=O)NC4CCCC4)sc3c2c1. The molecular formula is C18H17NO3S. The first-order chi connectivity index (χ1) is 11.1. The summed E-state index contributed by atoms with van der Waals surface area (Å²) in [7, 11) is 0. The van der Waals surface area contributed by atoms with Crippen LogP contribution in [-0.4, -0.2) is 11.9 Å². The van der Waals surface area contributed by atoms with Crippen molar-refractivity contribution in [2.75, 3.05) is 0 Å². The van der Waals surface area contributed by atoms with E-state index in [0.29, 0.717) is 15.8 Å². The van der Waals surface area contributed by atoms with E-state index in [9.17, 15) is 9.59 Å². The maximum Gasteiger partial charge on any atom is 0.345 e. The predicted molar refractivity (Wildman–Crippen MR) is 92.3 cm³/mol. The first-order valence-electron chi connectivity index (χ1n) is 7.90. The van der Waals surface area contributed by atoms with Gasteiger partial charge in [0.25, 0.3) is 5.91 Å².